The third-order valence-electron chi connectivity index (χ3n) is 7.67. The van der Waals surface area contributed by atoms with E-state index in [1.807, 2.05) is 19.9 Å². The van der Waals surface area contributed by atoms with Crippen LogP contribution in [0.5, 0.6) is 5.88 Å². The number of aromatic nitrogens is 3. The first-order valence-corrected chi connectivity index (χ1v) is 13.8. The molecule has 1 saturated carbocycles. The van der Waals surface area contributed by atoms with E-state index in [9.17, 15) is 24.1 Å². The lowest BCUT2D eigenvalue weighted by Crippen LogP contribution is -2.40. The Morgan fingerprint density at radius 1 is 1.05 bits per heavy atom. The molecule has 10 nitrogen and oxygen atoms in total. The van der Waals surface area contributed by atoms with E-state index < -0.39 is 41.4 Å². The minimum Gasteiger partial charge on any atom is -0.478 e. The van der Waals surface area contributed by atoms with Crippen molar-refractivity contribution in [3.63, 3.8) is 0 Å². The normalized spacial score (nSPS) is 20.2. The molecule has 1 fully saturated rings. The van der Waals surface area contributed by atoms with Crippen LogP contribution >= 0.6 is 12.4 Å². The molecule has 0 spiro atoms. The molecule has 0 aliphatic heterocycles. The average Bonchev–Trinajstić information content (AvgIpc) is 3.45. The zero-order valence-electron chi connectivity index (χ0n) is 24.5. The number of hydrogen-bond donors (Lipinski definition) is 5. The quantitative estimate of drug-likeness (QED) is 0.175. The van der Waals surface area contributed by atoms with Gasteiger partial charge in [-0.15, -0.1) is 12.4 Å². The molecule has 4 atom stereocenters. The van der Waals surface area contributed by atoms with Gasteiger partial charge in [-0.3, -0.25) is 0 Å². The first kappa shape index (κ1) is 32.3. The fourth-order valence-corrected chi connectivity index (χ4v) is 5.50. The van der Waals surface area contributed by atoms with Crippen molar-refractivity contribution in [2.24, 2.45) is 5.92 Å². The van der Waals surface area contributed by atoms with Gasteiger partial charge in [0.1, 0.15) is 29.3 Å². The third kappa shape index (κ3) is 6.52. The molecule has 3 heterocycles. The molecule has 5 rings (SSSR count). The summed E-state index contributed by atoms with van der Waals surface area (Å²) in [4.78, 5) is 13.6. The molecule has 0 bridgehead atoms. The van der Waals surface area contributed by atoms with Crippen LogP contribution in [0.3, 0.4) is 0 Å². The first-order valence-electron chi connectivity index (χ1n) is 13.8. The molecule has 1 aliphatic carbocycles. The number of pyridine rings is 1. The van der Waals surface area contributed by atoms with Crippen molar-refractivity contribution in [2.45, 2.75) is 71.4 Å². The molecular weight excluding hydrogens is 584 g/mol. The predicted octanol–water partition coefficient (Wildman–Crippen LogP) is 4.91. The van der Waals surface area contributed by atoms with E-state index in [4.69, 9.17) is 9.15 Å². The molecule has 0 saturated heterocycles. The van der Waals surface area contributed by atoms with E-state index in [0.717, 1.165) is 5.39 Å². The fourth-order valence-electron chi connectivity index (χ4n) is 5.50. The zero-order valence-corrected chi connectivity index (χ0v) is 25.3. The number of hydrogen-bond acceptors (Lipinski definition) is 10. The van der Waals surface area contributed by atoms with Gasteiger partial charge in [0.15, 0.2) is 5.58 Å². The molecule has 0 unspecified atom stereocenters. The van der Waals surface area contributed by atoms with Crippen LogP contribution in [-0.4, -0.2) is 60.7 Å². The molecule has 43 heavy (non-hydrogen) atoms. The Kier molecular flexibility index (Phi) is 9.45. The maximum absolute atomic E-state index is 14.3. The largest absolute Gasteiger partial charge is 0.478 e. The highest BCUT2D eigenvalue weighted by Crippen LogP contribution is 2.40. The summed E-state index contributed by atoms with van der Waals surface area (Å²) >= 11 is 0. The van der Waals surface area contributed by atoms with Gasteiger partial charge in [0, 0.05) is 29.5 Å². The highest BCUT2D eigenvalue weighted by Gasteiger charge is 2.48. The number of nitrogens with zero attached hydrogens (tertiary/aromatic N) is 3. The van der Waals surface area contributed by atoms with E-state index in [1.54, 1.807) is 26.8 Å². The minimum atomic E-state index is -1.24. The van der Waals surface area contributed by atoms with Gasteiger partial charge in [-0.2, -0.15) is 4.98 Å². The maximum Gasteiger partial charge on any atom is 0.225 e. The summed E-state index contributed by atoms with van der Waals surface area (Å²) in [5.41, 5.74) is 0.743. The number of rotatable bonds is 9. The average molecular weight is 620 g/mol. The zero-order chi connectivity index (χ0) is 30.3. The van der Waals surface area contributed by atoms with Gasteiger partial charge in [-0.25, -0.2) is 18.7 Å². The SMILES string of the molecule is CCOc1cc2cc(-c3c(C)nc(NCc4c(F)cccc4F)nc3N[C@@H]3C[C@H](C(C)(C)O)[C@@H](O)[C@H]3O)oc2c(C)n1.Cl. The molecular formula is C30H36ClF2N5O5. The number of fused-ring (bicyclic) bond motifs is 1. The Labute approximate surface area is 253 Å². The van der Waals surface area contributed by atoms with Crippen molar-refractivity contribution < 1.29 is 33.3 Å². The van der Waals surface area contributed by atoms with Crippen LogP contribution in [0.25, 0.3) is 22.3 Å². The van der Waals surface area contributed by atoms with Gasteiger partial charge in [0.05, 0.1) is 41.3 Å². The molecule has 0 amide bonds. The highest BCUT2D eigenvalue weighted by atomic mass is 35.5. The van der Waals surface area contributed by atoms with Crippen molar-refractivity contribution in [3.8, 4) is 17.2 Å². The van der Waals surface area contributed by atoms with E-state index in [2.05, 4.69) is 25.6 Å². The molecule has 1 aromatic carbocycles. The molecule has 4 aromatic rings. The number of anilines is 2. The Morgan fingerprint density at radius 3 is 2.37 bits per heavy atom. The van der Waals surface area contributed by atoms with E-state index in [1.165, 1.54) is 18.2 Å². The molecule has 0 radical (unpaired) electrons. The van der Waals surface area contributed by atoms with Crippen LogP contribution in [0.15, 0.2) is 34.7 Å². The smallest absolute Gasteiger partial charge is 0.225 e. The Balaban J connectivity index is 0.00000423. The number of aliphatic hydroxyl groups is 3. The van der Waals surface area contributed by atoms with Crippen LogP contribution < -0.4 is 15.4 Å². The van der Waals surface area contributed by atoms with Crippen LogP contribution in [0.1, 0.15) is 44.1 Å². The number of nitrogens with one attached hydrogen (secondary N) is 2. The standard InChI is InChI=1S/C30H35F2N5O5.ClH/c1-6-41-23-11-16-10-22(42-27(16)15(3)34-23)24-14(2)35-29(33-13-17-19(31)8-7-9-20(17)32)37-28(24)36-21-12-18(30(4,5)40)25(38)26(21)39;/h7-11,18,21,25-26,38-40H,6,12-13H2,1-5H3,(H2,33,35,36,37);1H/t18-,21+,25+,26-;/m0./s1. The van der Waals surface area contributed by atoms with Gasteiger partial charge in [-0.05, 0) is 59.2 Å². The number of benzene rings is 1. The van der Waals surface area contributed by atoms with E-state index in [0.29, 0.717) is 40.8 Å². The van der Waals surface area contributed by atoms with Crippen molar-refractivity contribution in [2.75, 3.05) is 17.2 Å². The fraction of sp³-hybridized carbons (Fsp3) is 0.433. The second kappa shape index (κ2) is 12.6. The van der Waals surface area contributed by atoms with Crippen LogP contribution in [-0.2, 0) is 6.54 Å². The lowest BCUT2D eigenvalue weighted by molar-refractivity contribution is -0.0601. The minimum absolute atomic E-state index is 0. The summed E-state index contributed by atoms with van der Waals surface area (Å²) in [5, 5.41) is 39.0. The molecule has 13 heteroatoms. The lowest BCUT2D eigenvalue weighted by Gasteiger charge is -2.28. The van der Waals surface area contributed by atoms with Gasteiger partial charge < -0.3 is 35.1 Å². The number of halogens is 3. The van der Waals surface area contributed by atoms with Gasteiger partial charge in [-0.1, -0.05) is 6.07 Å². The third-order valence-corrected chi connectivity index (χ3v) is 7.67. The van der Waals surface area contributed by atoms with Crippen LogP contribution in [0.2, 0.25) is 0 Å². The molecule has 3 aromatic heterocycles. The van der Waals surface area contributed by atoms with Crippen molar-refractivity contribution >= 4 is 35.1 Å². The van der Waals surface area contributed by atoms with Crippen LogP contribution in [0, 0.1) is 31.4 Å². The van der Waals surface area contributed by atoms with Gasteiger partial charge in [0.2, 0.25) is 11.8 Å². The molecule has 1 aliphatic rings. The topological polar surface area (TPSA) is 146 Å². The first-order chi connectivity index (χ1) is 19.9. The van der Waals surface area contributed by atoms with Gasteiger partial charge in [0.25, 0.3) is 0 Å². The Bertz CT molecular complexity index is 1590. The molecule has 232 valence electrons. The van der Waals surface area contributed by atoms with Crippen molar-refractivity contribution in [1.82, 2.24) is 15.0 Å². The van der Waals surface area contributed by atoms with Crippen molar-refractivity contribution in [3.05, 3.63) is 58.9 Å². The summed E-state index contributed by atoms with van der Waals surface area (Å²) in [6.07, 6.45) is -2.13. The Hall–Kier alpha value is -3.58. The molecule has 5 N–H and O–H groups in total. The summed E-state index contributed by atoms with van der Waals surface area (Å²) in [6, 6.07) is 6.53. The number of ether oxygens (including phenoxy) is 1. The Morgan fingerprint density at radius 2 is 1.74 bits per heavy atom. The van der Waals surface area contributed by atoms with Gasteiger partial charge >= 0.3 is 0 Å². The summed E-state index contributed by atoms with van der Waals surface area (Å²) in [7, 11) is 0. The predicted molar refractivity (Wildman–Crippen MR) is 160 cm³/mol. The number of aryl methyl sites for hydroxylation is 2. The monoisotopic (exact) mass is 619 g/mol. The van der Waals surface area contributed by atoms with Crippen molar-refractivity contribution in [1.29, 1.82) is 0 Å². The highest BCUT2D eigenvalue weighted by molar-refractivity contribution is 5.88. The summed E-state index contributed by atoms with van der Waals surface area (Å²) in [6.45, 7) is 8.83. The van der Waals surface area contributed by atoms with Crippen LogP contribution in [0.4, 0.5) is 20.5 Å². The maximum atomic E-state index is 14.3. The summed E-state index contributed by atoms with van der Waals surface area (Å²) < 4.78 is 40.3. The number of aliphatic hydroxyl groups excluding tert-OH is 2. The number of furan rings is 1. The summed E-state index contributed by atoms with van der Waals surface area (Å²) in [5.74, 6) is -0.776. The second-order valence-electron chi connectivity index (χ2n) is 11.1. The van der Waals surface area contributed by atoms with E-state index in [-0.39, 0.29) is 42.7 Å². The lowest BCUT2D eigenvalue weighted by atomic mass is 9.88. The van der Waals surface area contributed by atoms with E-state index >= 15 is 0 Å². The second-order valence-corrected chi connectivity index (χ2v) is 11.1.